The summed E-state index contributed by atoms with van der Waals surface area (Å²) in [6.45, 7) is 5.27. The van der Waals surface area contributed by atoms with E-state index in [2.05, 4.69) is 65.7 Å². The Morgan fingerprint density at radius 3 is 2.56 bits per heavy atom. The van der Waals surface area contributed by atoms with Crippen LogP contribution < -0.4 is 5.32 Å². The van der Waals surface area contributed by atoms with Crippen molar-refractivity contribution in [2.45, 2.75) is 44.8 Å². The second-order valence-corrected chi connectivity index (χ2v) is 7.77. The number of ether oxygens (including phenoxy) is 1. The van der Waals surface area contributed by atoms with Gasteiger partial charge < -0.3 is 10.1 Å². The van der Waals surface area contributed by atoms with Crippen LogP contribution in [0.15, 0.2) is 48.5 Å². The molecular weight excluding hydrogens is 336 g/mol. The topological polar surface area (TPSA) is 41.6 Å². The number of nitrogens with zero attached hydrogens (tertiary/aromatic N) is 1. The highest BCUT2D eigenvalue weighted by atomic mass is 16.5. The Morgan fingerprint density at radius 2 is 1.81 bits per heavy atom. The molecule has 0 saturated carbocycles. The van der Waals surface area contributed by atoms with Gasteiger partial charge in [0.25, 0.3) is 0 Å². The molecule has 0 aromatic heterocycles. The molecule has 0 bridgehead atoms. The third-order valence-corrected chi connectivity index (χ3v) is 5.82. The Balaban J connectivity index is 1.34. The number of carbonyl (C=O) groups is 1. The third-order valence-electron chi connectivity index (χ3n) is 5.82. The van der Waals surface area contributed by atoms with Gasteiger partial charge in [0.05, 0.1) is 13.2 Å². The number of hydrogen-bond acceptors (Lipinski definition) is 3. The Morgan fingerprint density at radius 1 is 1.11 bits per heavy atom. The normalized spacial score (nSPS) is 20.4. The molecule has 1 aliphatic heterocycles. The fourth-order valence-electron chi connectivity index (χ4n) is 4.25. The standard InChI is InChI=1S/C23H28N2O2/c1-17-6-2-3-9-20(17)15-25-10-11-27-16-22(25)14-23(26)24-21-12-18-7-4-5-8-19(18)13-21/h2-9,21-22H,10-16H2,1H3,(H,24,26). The van der Waals surface area contributed by atoms with E-state index < -0.39 is 0 Å². The lowest BCUT2D eigenvalue weighted by Gasteiger charge is -2.35. The maximum absolute atomic E-state index is 12.7. The highest BCUT2D eigenvalue weighted by molar-refractivity contribution is 5.77. The van der Waals surface area contributed by atoms with Crippen LogP contribution in [0.5, 0.6) is 0 Å². The van der Waals surface area contributed by atoms with Crippen molar-refractivity contribution in [3.63, 3.8) is 0 Å². The zero-order valence-corrected chi connectivity index (χ0v) is 16.0. The van der Waals surface area contributed by atoms with Crippen molar-refractivity contribution in [3.8, 4) is 0 Å². The van der Waals surface area contributed by atoms with Crippen molar-refractivity contribution in [2.24, 2.45) is 0 Å². The second-order valence-electron chi connectivity index (χ2n) is 7.77. The van der Waals surface area contributed by atoms with Gasteiger partial charge in [0.15, 0.2) is 0 Å². The van der Waals surface area contributed by atoms with Crippen LogP contribution in [0, 0.1) is 6.92 Å². The number of carbonyl (C=O) groups excluding carboxylic acids is 1. The molecule has 4 rings (SSSR count). The summed E-state index contributed by atoms with van der Waals surface area (Å²) < 4.78 is 5.68. The van der Waals surface area contributed by atoms with Gasteiger partial charge >= 0.3 is 0 Å². The summed E-state index contributed by atoms with van der Waals surface area (Å²) in [5.41, 5.74) is 5.36. The number of rotatable bonds is 5. The number of benzene rings is 2. The van der Waals surface area contributed by atoms with Gasteiger partial charge in [0.1, 0.15) is 0 Å². The van der Waals surface area contributed by atoms with Crippen molar-refractivity contribution in [2.75, 3.05) is 19.8 Å². The van der Waals surface area contributed by atoms with Gasteiger partial charge in [0, 0.05) is 31.6 Å². The first kappa shape index (κ1) is 18.2. The molecule has 1 saturated heterocycles. The van der Waals surface area contributed by atoms with Crippen LogP contribution in [0.25, 0.3) is 0 Å². The van der Waals surface area contributed by atoms with E-state index in [1.807, 2.05) is 0 Å². The summed E-state index contributed by atoms with van der Waals surface area (Å²) in [6, 6.07) is 17.3. The summed E-state index contributed by atoms with van der Waals surface area (Å²) in [5.74, 6) is 0.137. The molecule has 0 radical (unpaired) electrons. The van der Waals surface area contributed by atoms with Crippen LogP contribution in [0.4, 0.5) is 0 Å². The molecule has 4 nitrogen and oxygen atoms in total. The lowest BCUT2D eigenvalue weighted by molar-refractivity contribution is -0.125. The van der Waals surface area contributed by atoms with Gasteiger partial charge in [-0.05, 0) is 42.0 Å². The summed E-state index contributed by atoms with van der Waals surface area (Å²) in [5, 5.41) is 3.25. The Labute approximate surface area is 161 Å². The van der Waals surface area contributed by atoms with E-state index in [4.69, 9.17) is 4.74 Å². The highest BCUT2D eigenvalue weighted by Gasteiger charge is 2.28. The molecule has 2 aromatic rings. The minimum atomic E-state index is 0.137. The van der Waals surface area contributed by atoms with Crippen LogP contribution in [0.1, 0.15) is 28.7 Å². The molecule has 1 unspecified atom stereocenters. The molecule has 142 valence electrons. The van der Waals surface area contributed by atoms with Gasteiger partial charge in [-0.3, -0.25) is 9.69 Å². The van der Waals surface area contributed by atoms with Gasteiger partial charge in [0.2, 0.25) is 5.91 Å². The van der Waals surface area contributed by atoms with Crippen molar-refractivity contribution in [1.29, 1.82) is 0 Å². The first-order chi connectivity index (χ1) is 13.2. The number of morpholine rings is 1. The number of amides is 1. The molecule has 4 heteroatoms. The molecule has 1 amide bonds. The van der Waals surface area contributed by atoms with Crippen molar-refractivity contribution < 1.29 is 9.53 Å². The first-order valence-corrected chi connectivity index (χ1v) is 9.91. The molecule has 1 heterocycles. The molecule has 2 aromatic carbocycles. The van der Waals surface area contributed by atoms with Crippen molar-refractivity contribution >= 4 is 5.91 Å². The summed E-state index contributed by atoms with van der Waals surface area (Å²) in [4.78, 5) is 15.1. The zero-order chi connectivity index (χ0) is 18.6. The van der Waals surface area contributed by atoms with Crippen LogP contribution in [-0.2, 0) is 28.9 Å². The largest absolute Gasteiger partial charge is 0.378 e. The van der Waals surface area contributed by atoms with Gasteiger partial charge in [-0.25, -0.2) is 0 Å². The molecule has 2 aliphatic rings. The average Bonchev–Trinajstić information content (AvgIpc) is 3.07. The van der Waals surface area contributed by atoms with E-state index in [0.717, 1.165) is 32.5 Å². The van der Waals surface area contributed by atoms with E-state index >= 15 is 0 Å². The summed E-state index contributed by atoms with van der Waals surface area (Å²) >= 11 is 0. The van der Waals surface area contributed by atoms with Crippen LogP contribution in [-0.4, -0.2) is 42.6 Å². The second kappa shape index (κ2) is 8.24. The molecule has 1 fully saturated rings. The fraction of sp³-hybridized carbons (Fsp3) is 0.435. The van der Waals surface area contributed by atoms with E-state index in [-0.39, 0.29) is 18.0 Å². The Hall–Kier alpha value is -2.17. The summed E-state index contributed by atoms with van der Waals surface area (Å²) in [7, 11) is 0. The Bertz CT molecular complexity index is 779. The lowest BCUT2D eigenvalue weighted by atomic mass is 10.1. The number of aryl methyl sites for hydroxylation is 1. The lowest BCUT2D eigenvalue weighted by Crippen LogP contribution is -2.48. The van der Waals surface area contributed by atoms with E-state index in [9.17, 15) is 4.79 Å². The summed E-state index contributed by atoms with van der Waals surface area (Å²) in [6.07, 6.45) is 2.38. The molecular formula is C23H28N2O2. The minimum absolute atomic E-state index is 0.137. The number of fused-ring (bicyclic) bond motifs is 1. The van der Waals surface area contributed by atoms with E-state index in [1.54, 1.807) is 0 Å². The minimum Gasteiger partial charge on any atom is -0.378 e. The van der Waals surface area contributed by atoms with E-state index in [1.165, 1.54) is 22.3 Å². The van der Waals surface area contributed by atoms with E-state index in [0.29, 0.717) is 13.0 Å². The van der Waals surface area contributed by atoms with Crippen molar-refractivity contribution in [3.05, 3.63) is 70.8 Å². The molecule has 0 spiro atoms. The van der Waals surface area contributed by atoms with Gasteiger partial charge in [-0.2, -0.15) is 0 Å². The average molecular weight is 364 g/mol. The third kappa shape index (κ3) is 4.40. The van der Waals surface area contributed by atoms with Gasteiger partial charge in [-0.15, -0.1) is 0 Å². The van der Waals surface area contributed by atoms with Gasteiger partial charge in [-0.1, -0.05) is 48.5 Å². The monoisotopic (exact) mass is 364 g/mol. The molecule has 27 heavy (non-hydrogen) atoms. The molecule has 1 N–H and O–H groups in total. The predicted octanol–water partition coefficient (Wildman–Crippen LogP) is 2.87. The zero-order valence-electron chi connectivity index (χ0n) is 16.0. The highest BCUT2D eigenvalue weighted by Crippen LogP contribution is 2.22. The fourth-order valence-corrected chi connectivity index (χ4v) is 4.25. The quantitative estimate of drug-likeness (QED) is 0.887. The molecule has 1 atom stereocenters. The smallest absolute Gasteiger partial charge is 0.221 e. The maximum atomic E-state index is 12.7. The predicted molar refractivity (Wildman–Crippen MR) is 107 cm³/mol. The van der Waals surface area contributed by atoms with Crippen LogP contribution in [0.2, 0.25) is 0 Å². The maximum Gasteiger partial charge on any atom is 0.221 e. The SMILES string of the molecule is Cc1ccccc1CN1CCOCC1CC(=O)NC1Cc2ccccc2C1. The van der Waals surface area contributed by atoms with Crippen LogP contribution >= 0.6 is 0 Å². The molecule has 1 aliphatic carbocycles. The number of nitrogens with one attached hydrogen (secondary N) is 1. The number of hydrogen-bond donors (Lipinski definition) is 1. The Kier molecular flexibility index (Phi) is 5.55. The first-order valence-electron chi connectivity index (χ1n) is 9.91. The van der Waals surface area contributed by atoms with Crippen LogP contribution in [0.3, 0.4) is 0 Å². The van der Waals surface area contributed by atoms with Crippen molar-refractivity contribution in [1.82, 2.24) is 10.2 Å².